The molecule has 170 valence electrons. The van der Waals surface area contributed by atoms with Gasteiger partial charge in [-0.15, -0.1) is 0 Å². The molecule has 1 aromatic heterocycles. The summed E-state index contributed by atoms with van der Waals surface area (Å²) in [6, 6.07) is 10.8. The number of nitro groups is 1. The van der Waals surface area contributed by atoms with Gasteiger partial charge in [0.25, 0.3) is 5.91 Å². The molecule has 0 spiro atoms. The second-order valence-corrected chi connectivity index (χ2v) is 6.61. The third kappa shape index (κ3) is 5.15. The molecular formula is C20H17N5O8. The number of fused-ring (bicyclic) bond motifs is 1. The van der Waals surface area contributed by atoms with Crippen molar-refractivity contribution in [3.8, 4) is 28.6 Å². The third-order valence-electron chi connectivity index (χ3n) is 4.40. The molecule has 0 saturated carbocycles. The van der Waals surface area contributed by atoms with E-state index < -0.39 is 23.3 Å². The number of hydrogen-bond acceptors (Lipinski definition) is 10. The summed E-state index contributed by atoms with van der Waals surface area (Å²) in [5.74, 6) is -0.0158. The SMILES string of the molecule is O=C(COc1ccccc1[N+](=O)[O-])NCCNC(=O)c1nc(-c2ccc3c(c2)OCO3)no1. The first-order chi connectivity index (χ1) is 16.0. The van der Waals surface area contributed by atoms with Gasteiger partial charge in [0.1, 0.15) is 0 Å². The zero-order chi connectivity index (χ0) is 23.2. The molecule has 33 heavy (non-hydrogen) atoms. The number of nitrogens with one attached hydrogen (secondary N) is 2. The molecule has 13 nitrogen and oxygen atoms in total. The van der Waals surface area contributed by atoms with Crippen LogP contribution in [-0.2, 0) is 4.79 Å². The van der Waals surface area contributed by atoms with E-state index in [2.05, 4.69) is 20.8 Å². The first kappa shape index (κ1) is 21.5. The highest BCUT2D eigenvalue weighted by molar-refractivity contribution is 5.90. The largest absolute Gasteiger partial charge is 0.477 e. The predicted octanol–water partition coefficient (Wildman–Crippen LogP) is 1.30. The first-order valence-electron chi connectivity index (χ1n) is 9.66. The van der Waals surface area contributed by atoms with Gasteiger partial charge in [0, 0.05) is 24.7 Å². The van der Waals surface area contributed by atoms with Crippen LogP contribution in [0.5, 0.6) is 17.2 Å². The number of para-hydroxylation sites is 2. The van der Waals surface area contributed by atoms with Crippen molar-refractivity contribution < 1.29 is 33.2 Å². The number of amides is 2. The standard InChI is InChI=1S/C20H17N5O8/c26-17(10-30-14-4-2-1-3-13(14)25(28)29)21-7-8-22-19(27)20-23-18(24-33-20)12-5-6-15-16(9-12)32-11-31-15/h1-6,9H,7-8,10-11H2,(H,21,26)(H,22,27). The molecule has 0 atom stereocenters. The predicted molar refractivity (Wildman–Crippen MR) is 110 cm³/mol. The topological polar surface area (TPSA) is 168 Å². The lowest BCUT2D eigenvalue weighted by Crippen LogP contribution is -2.36. The van der Waals surface area contributed by atoms with E-state index in [9.17, 15) is 19.7 Å². The summed E-state index contributed by atoms with van der Waals surface area (Å²) in [7, 11) is 0. The van der Waals surface area contributed by atoms with Crippen molar-refractivity contribution in [2.24, 2.45) is 0 Å². The van der Waals surface area contributed by atoms with Crippen LogP contribution in [0.2, 0.25) is 0 Å². The Bertz CT molecular complexity index is 1190. The van der Waals surface area contributed by atoms with Crippen LogP contribution < -0.4 is 24.8 Å². The van der Waals surface area contributed by atoms with E-state index in [1.165, 1.54) is 18.2 Å². The van der Waals surface area contributed by atoms with E-state index >= 15 is 0 Å². The number of benzene rings is 2. The Labute approximate surface area is 185 Å². The van der Waals surface area contributed by atoms with Crippen LogP contribution in [0.1, 0.15) is 10.7 Å². The Balaban J connectivity index is 1.21. The van der Waals surface area contributed by atoms with Crippen molar-refractivity contribution in [3.63, 3.8) is 0 Å². The van der Waals surface area contributed by atoms with Gasteiger partial charge in [0.15, 0.2) is 23.9 Å². The second-order valence-electron chi connectivity index (χ2n) is 6.61. The van der Waals surface area contributed by atoms with E-state index in [0.29, 0.717) is 17.1 Å². The average Bonchev–Trinajstić information content (AvgIpc) is 3.49. The molecule has 2 amide bonds. The van der Waals surface area contributed by atoms with Crippen LogP contribution in [0.4, 0.5) is 5.69 Å². The van der Waals surface area contributed by atoms with Gasteiger partial charge in [-0.05, 0) is 24.3 Å². The van der Waals surface area contributed by atoms with Crippen molar-refractivity contribution >= 4 is 17.5 Å². The molecule has 2 N–H and O–H groups in total. The number of ether oxygens (including phenoxy) is 3. The van der Waals surface area contributed by atoms with Gasteiger partial charge < -0.3 is 29.4 Å². The number of nitro benzene ring substituents is 1. The zero-order valence-corrected chi connectivity index (χ0v) is 17.0. The molecule has 0 fully saturated rings. The zero-order valence-electron chi connectivity index (χ0n) is 17.0. The minimum Gasteiger partial charge on any atom is -0.477 e. The Hall–Kier alpha value is -4.68. The normalized spacial score (nSPS) is 11.6. The summed E-state index contributed by atoms with van der Waals surface area (Å²) in [5, 5.41) is 19.8. The molecular weight excluding hydrogens is 438 g/mol. The second kappa shape index (κ2) is 9.64. The van der Waals surface area contributed by atoms with E-state index in [0.717, 1.165) is 0 Å². The molecule has 3 aromatic rings. The van der Waals surface area contributed by atoms with Crippen molar-refractivity contribution in [1.82, 2.24) is 20.8 Å². The fourth-order valence-corrected chi connectivity index (χ4v) is 2.85. The molecule has 2 aromatic carbocycles. The fourth-order valence-electron chi connectivity index (χ4n) is 2.85. The van der Waals surface area contributed by atoms with E-state index in [1.54, 1.807) is 24.3 Å². The van der Waals surface area contributed by atoms with Crippen LogP contribution >= 0.6 is 0 Å². The molecule has 0 unspecified atom stereocenters. The molecule has 1 aliphatic rings. The van der Waals surface area contributed by atoms with Crippen LogP contribution in [0, 0.1) is 10.1 Å². The smallest absolute Gasteiger partial charge is 0.316 e. The Morgan fingerprint density at radius 3 is 2.73 bits per heavy atom. The van der Waals surface area contributed by atoms with Gasteiger partial charge in [-0.2, -0.15) is 4.98 Å². The summed E-state index contributed by atoms with van der Waals surface area (Å²) >= 11 is 0. The molecule has 0 bridgehead atoms. The number of rotatable bonds is 9. The van der Waals surface area contributed by atoms with Crippen molar-refractivity contribution in [2.45, 2.75) is 0 Å². The average molecular weight is 455 g/mol. The van der Waals surface area contributed by atoms with Gasteiger partial charge >= 0.3 is 17.5 Å². The van der Waals surface area contributed by atoms with E-state index in [-0.39, 0.29) is 43.0 Å². The fraction of sp³-hybridized carbons (Fsp3) is 0.200. The summed E-state index contributed by atoms with van der Waals surface area (Å²) in [4.78, 5) is 38.5. The summed E-state index contributed by atoms with van der Waals surface area (Å²) in [6.07, 6.45) is 0. The number of nitrogens with zero attached hydrogens (tertiary/aromatic N) is 3. The Morgan fingerprint density at radius 1 is 1.09 bits per heavy atom. The first-order valence-corrected chi connectivity index (χ1v) is 9.66. The van der Waals surface area contributed by atoms with Gasteiger partial charge in [0.2, 0.25) is 12.6 Å². The number of aromatic nitrogens is 2. The van der Waals surface area contributed by atoms with Gasteiger partial charge in [-0.1, -0.05) is 17.3 Å². The quantitative estimate of drug-likeness (QED) is 0.272. The minimum atomic E-state index is -0.611. The molecule has 13 heteroatoms. The molecule has 4 rings (SSSR count). The Morgan fingerprint density at radius 2 is 1.88 bits per heavy atom. The number of carbonyl (C=O) groups is 2. The maximum atomic E-state index is 12.2. The van der Waals surface area contributed by atoms with Crippen LogP contribution in [-0.4, -0.2) is 53.4 Å². The molecule has 0 aliphatic carbocycles. The van der Waals surface area contributed by atoms with Crippen LogP contribution in [0.15, 0.2) is 47.0 Å². The highest BCUT2D eigenvalue weighted by atomic mass is 16.7. The number of hydrogen-bond donors (Lipinski definition) is 2. The van der Waals surface area contributed by atoms with Crippen molar-refractivity contribution in [3.05, 3.63) is 58.5 Å². The highest BCUT2D eigenvalue weighted by Crippen LogP contribution is 2.35. The van der Waals surface area contributed by atoms with Crippen molar-refractivity contribution in [2.75, 3.05) is 26.5 Å². The maximum absolute atomic E-state index is 12.2. The van der Waals surface area contributed by atoms with Gasteiger partial charge in [-0.25, -0.2) is 0 Å². The lowest BCUT2D eigenvalue weighted by atomic mass is 10.2. The Kier molecular flexibility index (Phi) is 6.29. The summed E-state index contributed by atoms with van der Waals surface area (Å²) in [6.45, 7) is -0.110. The lowest BCUT2D eigenvalue weighted by Gasteiger charge is -2.08. The summed E-state index contributed by atoms with van der Waals surface area (Å²) in [5.41, 5.74) is 0.352. The van der Waals surface area contributed by atoms with Gasteiger partial charge in [-0.3, -0.25) is 19.7 Å². The van der Waals surface area contributed by atoms with E-state index in [1.807, 2.05) is 0 Å². The summed E-state index contributed by atoms with van der Waals surface area (Å²) < 4.78 is 20.7. The minimum absolute atomic E-state index is 0.0133. The third-order valence-corrected chi connectivity index (χ3v) is 4.40. The van der Waals surface area contributed by atoms with Gasteiger partial charge in [0.05, 0.1) is 4.92 Å². The van der Waals surface area contributed by atoms with E-state index in [4.69, 9.17) is 18.7 Å². The molecule has 0 saturated heterocycles. The molecule has 1 aliphatic heterocycles. The highest BCUT2D eigenvalue weighted by Gasteiger charge is 2.19. The molecule has 0 radical (unpaired) electrons. The lowest BCUT2D eigenvalue weighted by molar-refractivity contribution is -0.385. The maximum Gasteiger partial charge on any atom is 0.316 e. The monoisotopic (exact) mass is 455 g/mol. The van der Waals surface area contributed by atoms with Crippen molar-refractivity contribution in [1.29, 1.82) is 0 Å². The van der Waals surface area contributed by atoms with Crippen LogP contribution in [0.3, 0.4) is 0 Å². The number of carbonyl (C=O) groups excluding carboxylic acids is 2. The van der Waals surface area contributed by atoms with Crippen LogP contribution in [0.25, 0.3) is 11.4 Å². The molecule has 2 heterocycles.